The maximum atomic E-state index is 12.9. The lowest BCUT2D eigenvalue weighted by atomic mass is 9.99. The minimum absolute atomic E-state index is 0.116. The molecule has 1 fully saturated rings. The first-order chi connectivity index (χ1) is 31.4. The lowest BCUT2D eigenvalue weighted by Crippen LogP contribution is -2.59. The third kappa shape index (κ3) is 36.3. The van der Waals surface area contributed by atoms with E-state index < -0.39 is 43.4 Å². The van der Waals surface area contributed by atoms with Crippen LogP contribution < -0.4 is 0 Å². The van der Waals surface area contributed by atoms with Crippen LogP contribution >= 0.6 is 0 Å². The van der Waals surface area contributed by atoms with E-state index in [1.54, 1.807) is 0 Å². The Morgan fingerprint density at radius 2 is 0.906 bits per heavy atom. The highest BCUT2D eigenvalue weighted by atomic mass is 16.7. The second-order valence-electron chi connectivity index (χ2n) is 18.3. The number of ether oxygens (including phenoxy) is 4. The zero-order valence-electron chi connectivity index (χ0n) is 41.3. The van der Waals surface area contributed by atoms with Crippen molar-refractivity contribution < 1.29 is 44.2 Å². The molecule has 0 aromatic rings. The predicted molar refractivity (Wildman–Crippen MR) is 265 cm³/mol. The van der Waals surface area contributed by atoms with E-state index >= 15 is 0 Å². The van der Waals surface area contributed by atoms with Gasteiger partial charge in [0.2, 0.25) is 0 Å². The van der Waals surface area contributed by atoms with Gasteiger partial charge in [-0.2, -0.15) is 0 Å². The maximum Gasteiger partial charge on any atom is 0.306 e. The summed E-state index contributed by atoms with van der Waals surface area (Å²) in [5.41, 5.74) is 0. The molecule has 9 nitrogen and oxygen atoms in total. The number of carbonyl (C=O) groups is 1. The fourth-order valence-corrected chi connectivity index (χ4v) is 8.02. The van der Waals surface area contributed by atoms with Crippen LogP contribution in [0.25, 0.3) is 0 Å². The molecule has 0 aromatic heterocycles. The summed E-state index contributed by atoms with van der Waals surface area (Å²) in [5, 5.41) is 40.3. The summed E-state index contributed by atoms with van der Waals surface area (Å²) in [7, 11) is 0. The second kappa shape index (κ2) is 46.3. The monoisotopic (exact) mass is 905 g/mol. The van der Waals surface area contributed by atoms with Gasteiger partial charge in [-0.3, -0.25) is 4.79 Å². The summed E-state index contributed by atoms with van der Waals surface area (Å²) >= 11 is 0. The van der Waals surface area contributed by atoms with Crippen molar-refractivity contribution in [3.63, 3.8) is 0 Å². The number of unbranched alkanes of at least 4 members (excludes halogenated alkanes) is 27. The fourth-order valence-electron chi connectivity index (χ4n) is 8.02. The molecule has 6 unspecified atom stereocenters. The van der Waals surface area contributed by atoms with Crippen molar-refractivity contribution in [2.45, 2.75) is 269 Å². The molecular formula is C55H100O9. The van der Waals surface area contributed by atoms with Crippen LogP contribution in [0.3, 0.4) is 0 Å². The Bertz CT molecular complexity index is 1120. The van der Waals surface area contributed by atoms with Crippen LogP contribution in [0.2, 0.25) is 0 Å². The molecule has 0 bridgehead atoms. The summed E-state index contributed by atoms with van der Waals surface area (Å²) < 4.78 is 22.9. The Hall–Kier alpha value is -1.85. The summed E-state index contributed by atoms with van der Waals surface area (Å²) in [6.07, 6.45) is 51.4. The minimum atomic E-state index is -1.54. The van der Waals surface area contributed by atoms with Gasteiger partial charge in [0.15, 0.2) is 6.29 Å². The maximum absolute atomic E-state index is 12.9. The summed E-state index contributed by atoms with van der Waals surface area (Å²) in [6, 6.07) is 0. The Morgan fingerprint density at radius 1 is 0.500 bits per heavy atom. The first-order valence-electron chi connectivity index (χ1n) is 26.7. The molecule has 9 heteroatoms. The molecule has 1 heterocycles. The largest absolute Gasteiger partial charge is 0.457 e. The number of rotatable bonds is 46. The molecule has 1 saturated heterocycles. The molecule has 0 saturated carbocycles. The zero-order chi connectivity index (χ0) is 46.4. The number of carbonyl (C=O) groups excluding carboxylic acids is 1. The molecule has 4 N–H and O–H groups in total. The fraction of sp³-hybridized carbons (Fsp3) is 0.836. The van der Waals surface area contributed by atoms with Gasteiger partial charge in [0.25, 0.3) is 0 Å². The number of aliphatic hydroxyl groups is 4. The van der Waals surface area contributed by atoms with Crippen molar-refractivity contribution in [3.05, 3.63) is 48.6 Å². The van der Waals surface area contributed by atoms with E-state index in [1.165, 1.54) is 167 Å². The van der Waals surface area contributed by atoms with Crippen molar-refractivity contribution in [3.8, 4) is 0 Å². The van der Waals surface area contributed by atoms with E-state index in [1.807, 2.05) is 0 Å². The predicted octanol–water partition coefficient (Wildman–Crippen LogP) is 13.3. The summed E-state index contributed by atoms with van der Waals surface area (Å²) in [6.45, 7) is 4.53. The Labute approximate surface area is 392 Å². The van der Waals surface area contributed by atoms with E-state index in [4.69, 9.17) is 18.9 Å². The van der Waals surface area contributed by atoms with E-state index in [0.29, 0.717) is 13.0 Å². The molecule has 1 rings (SSSR count). The van der Waals surface area contributed by atoms with E-state index in [2.05, 4.69) is 62.5 Å². The number of hydrogen-bond acceptors (Lipinski definition) is 9. The average molecular weight is 905 g/mol. The minimum Gasteiger partial charge on any atom is -0.457 e. The molecule has 0 aromatic carbocycles. The molecule has 64 heavy (non-hydrogen) atoms. The molecule has 374 valence electrons. The van der Waals surface area contributed by atoms with Crippen LogP contribution in [-0.2, 0) is 23.7 Å². The SMILES string of the molecule is CCCCC/C=C\C/C=C\CCCCCCCCCCOCC(COC1OC(CO)C(O)C(O)C1O)OC(=O)CCCCCCCCCCCCC/C=C\C/C=C\CCCCCCC. The van der Waals surface area contributed by atoms with E-state index in [0.717, 1.165) is 44.9 Å². The Morgan fingerprint density at radius 3 is 1.38 bits per heavy atom. The van der Waals surface area contributed by atoms with E-state index in [9.17, 15) is 25.2 Å². The number of esters is 1. The summed E-state index contributed by atoms with van der Waals surface area (Å²) in [5.74, 6) is -0.317. The molecule has 0 spiro atoms. The second-order valence-corrected chi connectivity index (χ2v) is 18.3. The lowest BCUT2D eigenvalue weighted by Gasteiger charge is -2.39. The zero-order valence-corrected chi connectivity index (χ0v) is 41.3. The van der Waals surface area contributed by atoms with Crippen molar-refractivity contribution in [1.82, 2.24) is 0 Å². The highest BCUT2D eigenvalue weighted by Crippen LogP contribution is 2.23. The highest BCUT2D eigenvalue weighted by molar-refractivity contribution is 5.69. The number of aliphatic hydroxyl groups excluding tert-OH is 4. The van der Waals surface area contributed by atoms with Gasteiger partial charge in [-0.15, -0.1) is 0 Å². The van der Waals surface area contributed by atoms with Gasteiger partial charge >= 0.3 is 5.97 Å². The van der Waals surface area contributed by atoms with Gasteiger partial charge in [0.1, 0.15) is 30.5 Å². The van der Waals surface area contributed by atoms with Crippen molar-refractivity contribution in [2.24, 2.45) is 0 Å². The van der Waals surface area contributed by atoms with E-state index in [-0.39, 0.29) is 19.2 Å². The first kappa shape index (κ1) is 60.2. The Balaban J connectivity index is 2.19. The first-order valence-corrected chi connectivity index (χ1v) is 26.7. The van der Waals surface area contributed by atoms with Crippen molar-refractivity contribution in [2.75, 3.05) is 26.4 Å². The van der Waals surface area contributed by atoms with Crippen molar-refractivity contribution in [1.29, 1.82) is 0 Å². The third-order valence-corrected chi connectivity index (χ3v) is 12.2. The third-order valence-electron chi connectivity index (χ3n) is 12.2. The molecule has 1 aliphatic heterocycles. The van der Waals surface area contributed by atoms with Crippen LogP contribution in [0.1, 0.15) is 232 Å². The normalized spacial score (nSPS) is 19.9. The van der Waals surface area contributed by atoms with Crippen LogP contribution in [0, 0.1) is 0 Å². The highest BCUT2D eigenvalue weighted by Gasteiger charge is 2.44. The number of allylic oxidation sites excluding steroid dienone is 8. The quantitative estimate of drug-likeness (QED) is 0.0267. The molecule has 0 aliphatic carbocycles. The van der Waals surface area contributed by atoms with Crippen LogP contribution in [-0.4, -0.2) is 89.6 Å². The molecule has 0 amide bonds. The molecular weight excluding hydrogens is 805 g/mol. The van der Waals surface area contributed by atoms with Gasteiger partial charge in [-0.05, 0) is 77.0 Å². The van der Waals surface area contributed by atoms with Gasteiger partial charge in [0, 0.05) is 13.0 Å². The lowest BCUT2D eigenvalue weighted by molar-refractivity contribution is -0.305. The average Bonchev–Trinajstić information content (AvgIpc) is 3.30. The van der Waals surface area contributed by atoms with Gasteiger partial charge in [0.05, 0.1) is 19.8 Å². The van der Waals surface area contributed by atoms with Gasteiger partial charge < -0.3 is 39.4 Å². The standard InChI is InChI=1S/C55H100O9/c1-3-5-7-9-11-13-15-17-19-21-23-24-25-26-27-28-30-32-34-36-38-40-42-44-51(57)63-49(48-62-55-54(60)53(59)52(58)50(46-56)64-55)47-61-45-43-41-39-37-35-33-31-29-22-20-18-16-14-12-10-8-6-4-2/h12,14-15,17-18,20-21,23,49-50,52-56,58-60H,3-11,13,16,19,22,24-48H2,1-2H3/b14-12-,17-15-,20-18-,23-21-. The molecule has 6 atom stereocenters. The number of hydrogen-bond donors (Lipinski definition) is 4. The molecule has 1 aliphatic rings. The topological polar surface area (TPSA) is 135 Å². The van der Waals surface area contributed by atoms with Crippen LogP contribution in [0.15, 0.2) is 48.6 Å². The van der Waals surface area contributed by atoms with Crippen LogP contribution in [0.4, 0.5) is 0 Å². The smallest absolute Gasteiger partial charge is 0.306 e. The summed E-state index contributed by atoms with van der Waals surface area (Å²) in [4.78, 5) is 12.9. The Kier molecular flexibility index (Phi) is 43.5. The van der Waals surface area contributed by atoms with Gasteiger partial charge in [-0.25, -0.2) is 0 Å². The van der Waals surface area contributed by atoms with Gasteiger partial charge in [-0.1, -0.05) is 197 Å². The van der Waals surface area contributed by atoms with Crippen LogP contribution in [0.5, 0.6) is 0 Å². The van der Waals surface area contributed by atoms with Crippen molar-refractivity contribution >= 4 is 5.97 Å². The molecule has 0 radical (unpaired) electrons.